The predicted octanol–water partition coefficient (Wildman–Crippen LogP) is -4.76. The predicted molar refractivity (Wildman–Crippen MR) is 62.6 cm³/mol. The second-order valence-corrected chi connectivity index (χ2v) is 5.04. The first-order valence-corrected chi connectivity index (χ1v) is 6.49. The smallest absolute Gasteiger partial charge is 0.189 e. The van der Waals surface area contributed by atoms with Crippen LogP contribution in [-0.4, -0.2) is 104 Å². The van der Waals surface area contributed by atoms with E-state index in [0.717, 1.165) is 0 Å². The number of hydrogen-bond donors (Lipinski definition) is 7. The van der Waals surface area contributed by atoms with Crippen LogP contribution >= 0.6 is 0 Å². The van der Waals surface area contributed by atoms with Gasteiger partial charge in [0, 0.05) is 0 Å². The lowest BCUT2D eigenvalue weighted by Gasteiger charge is -2.40. The van der Waals surface area contributed by atoms with E-state index in [9.17, 15) is 25.5 Å². The van der Waals surface area contributed by atoms with Gasteiger partial charge in [0.25, 0.3) is 0 Å². The molecule has 124 valence electrons. The number of ether oxygens (including phenoxy) is 3. The van der Waals surface area contributed by atoms with Gasteiger partial charge in [0.1, 0.15) is 42.7 Å². The molecule has 0 spiro atoms. The minimum Gasteiger partial charge on any atom is -0.394 e. The van der Waals surface area contributed by atoms with E-state index in [1.54, 1.807) is 0 Å². The summed E-state index contributed by atoms with van der Waals surface area (Å²) in [4.78, 5) is 0. The lowest BCUT2D eigenvalue weighted by molar-refractivity contribution is -0.341. The van der Waals surface area contributed by atoms with Crippen molar-refractivity contribution in [3.8, 4) is 0 Å². The number of hydrogen-bond acceptors (Lipinski definition) is 10. The fourth-order valence-corrected chi connectivity index (χ4v) is 2.29. The third kappa shape index (κ3) is 3.19. The van der Waals surface area contributed by atoms with Crippen LogP contribution < -0.4 is 0 Å². The number of aliphatic hydroxyl groups excluding tert-OH is 7. The molecule has 0 amide bonds. The van der Waals surface area contributed by atoms with Gasteiger partial charge in [0.05, 0.1) is 13.2 Å². The van der Waals surface area contributed by atoms with Crippen molar-refractivity contribution in [3.63, 3.8) is 0 Å². The Kier molecular flexibility index (Phi) is 5.48. The molecule has 2 rings (SSSR count). The van der Waals surface area contributed by atoms with Crippen molar-refractivity contribution < 1.29 is 50.0 Å². The highest BCUT2D eigenvalue weighted by atomic mass is 16.8. The van der Waals surface area contributed by atoms with Crippen molar-refractivity contribution in [1.29, 1.82) is 0 Å². The number of aliphatic hydroxyl groups is 7. The monoisotopic (exact) mass is 312 g/mol. The van der Waals surface area contributed by atoms with E-state index in [4.69, 9.17) is 24.4 Å². The summed E-state index contributed by atoms with van der Waals surface area (Å²) in [6.07, 6.45) is -12.8. The first kappa shape index (κ1) is 17.0. The average molecular weight is 312 g/mol. The van der Waals surface area contributed by atoms with Gasteiger partial charge < -0.3 is 50.0 Å². The molecule has 2 aliphatic rings. The lowest BCUT2D eigenvalue weighted by Crippen LogP contribution is -2.60. The van der Waals surface area contributed by atoms with Crippen LogP contribution in [0.5, 0.6) is 0 Å². The lowest BCUT2D eigenvalue weighted by atomic mass is 9.99. The fraction of sp³-hybridized carbons (Fsp3) is 1.00. The van der Waals surface area contributed by atoms with E-state index in [1.165, 1.54) is 0 Å². The van der Waals surface area contributed by atoms with Gasteiger partial charge in [-0.2, -0.15) is 0 Å². The van der Waals surface area contributed by atoms with E-state index < -0.39 is 68.5 Å². The molecule has 2 saturated heterocycles. The summed E-state index contributed by atoms with van der Waals surface area (Å²) in [7, 11) is 0. The Morgan fingerprint density at radius 1 is 0.619 bits per heavy atom. The van der Waals surface area contributed by atoms with E-state index in [0.29, 0.717) is 0 Å². The van der Waals surface area contributed by atoms with Gasteiger partial charge in [-0.05, 0) is 0 Å². The van der Waals surface area contributed by atoms with Crippen LogP contribution in [0.2, 0.25) is 0 Å². The van der Waals surface area contributed by atoms with E-state index in [-0.39, 0.29) is 0 Å². The van der Waals surface area contributed by atoms with Crippen LogP contribution in [0.3, 0.4) is 0 Å². The minimum absolute atomic E-state index is 0.549. The molecule has 0 saturated carbocycles. The largest absolute Gasteiger partial charge is 0.394 e. The summed E-state index contributed by atoms with van der Waals surface area (Å²) >= 11 is 0. The Morgan fingerprint density at radius 2 is 1.00 bits per heavy atom. The molecule has 7 N–H and O–H groups in total. The minimum atomic E-state index is -1.65. The highest BCUT2D eigenvalue weighted by Gasteiger charge is 2.49. The van der Waals surface area contributed by atoms with E-state index >= 15 is 0 Å². The molecule has 0 aliphatic carbocycles. The fourth-order valence-electron chi connectivity index (χ4n) is 2.29. The van der Waals surface area contributed by atoms with Crippen molar-refractivity contribution in [2.24, 2.45) is 0 Å². The molecule has 0 aromatic heterocycles. The van der Waals surface area contributed by atoms with Crippen molar-refractivity contribution in [2.45, 2.75) is 55.3 Å². The zero-order valence-corrected chi connectivity index (χ0v) is 11.0. The van der Waals surface area contributed by atoms with Gasteiger partial charge in [-0.1, -0.05) is 0 Å². The normalized spacial score (nSPS) is 51.3. The molecule has 10 heteroatoms. The van der Waals surface area contributed by atoms with E-state index in [2.05, 4.69) is 0 Å². The molecular formula is C11H20O10. The van der Waals surface area contributed by atoms with Crippen molar-refractivity contribution >= 4 is 0 Å². The highest BCUT2D eigenvalue weighted by molar-refractivity contribution is 4.91. The third-order valence-corrected chi connectivity index (χ3v) is 3.62. The summed E-state index contributed by atoms with van der Waals surface area (Å²) in [5, 5.41) is 66.2. The maximum atomic E-state index is 9.77. The Bertz CT molecular complexity index is 339. The molecular weight excluding hydrogens is 292 g/mol. The Hall–Kier alpha value is -0.400. The second kappa shape index (κ2) is 6.79. The summed E-state index contributed by atoms with van der Waals surface area (Å²) < 4.78 is 15.3. The molecule has 9 atom stereocenters. The summed E-state index contributed by atoms with van der Waals surface area (Å²) in [5.74, 6) is 0. The van der Waals surface area contributed by atoms with Gasteiger partial charge in [0.15, 0.2) is 12.6 Å². The maximum Gasteiger partial charge on any atom is 0.189 e. The van der Waals surface area contributed by atoms with Crippen molar-refractivity contribution in [3.05, 3.63) is 0 Å². The van der Waals surface area contributed by atoms with Crippen LogP contribution in [0.15, 0.2) is 0 Å². The highest BCUT2D eigenvalue weighted by Crippen LogP contribution is 2.28. The Labute approximate surface area is 119 Å². The zero-order chi connectivity index (χ0) is 15.7. The topological polar surface area (TPSA) is 169 Å². The molecule has 0 bridgehead atoms. The molecule has 1 unspecified atom stereocenters. The van der Waals surface area contributed by atoms with Gasteiger partial charge >= 0.3 is 0 Å². The molecule has 10 nitrogen and oxygen atoms in total. The molecule has 2 aliphatic heterocycles. The first-order valence-electron chi connectivity index (χ1n) is 6.49. The third-order valence-electron chi connectivity index (χ3n) is 3.62. The average Bonchev–Trinajstić information content (AvgIpc) is 2.75. The van der Waals surface area contributed by atoms with Crippen LogP contribution in [0.1, 0.15) is 0 Å². The van der Waals surface area contributed by atoms with Crippen LogP contribution in [0, 0.1) is 0 Å². The molecule has 2 heterocycles. The van der Waals surface area contributed by atoms with Crippen molar-refractivity contribution in [2.75, 3.05) is 13.2 Å². The van der Waals surface area contributed by atoms with Gasteiger partial charge in [-0.25, -0.2) is 0 Å². The van der Waals surface area contributed by atoms with Crippen LogP contribution in [0.25, 0.3) is 0 Å². The van der Waals surface area contributed by atoms with Crippen LogP contribution in [-0.2, 0) is 14.2 Å². The molecule has 2 fully saturated rings. The summed E-state index contributed by atoms with van der Waals surface area (Å²) in [6, 6.07) is 0. The first-order chi connectivity index (χ1) is 9.90. The molecule has 21 heavy (non-hydrogen) atoms. The summed E-state index contributed by atoms with van der Waals surface area (Å²) in [6.45, 7) is -1.17. The second-order valence-electron chi connectivity index (χ2n) is 5.04. The molecule has 0 aromatic carbocycles. The molecule has 0 radical (unpaired) electrons. The molecule has 0 aromatic rings. The van der Waals surface area contributed by atoms with Gasteiger partial charge in [-0.3, -0.25) is 0 Å². The van der Waals surface area contributed by atoms with Crippen molar-refractivity contribution in [1.82, 2.24) is 0 Å². The van der Waals surface area contributed by atoms with Gasteiger partial charge in [0.2, 0.25) is 0 Å². The maximum absolute atomic E-state index is 9.77. The Balaban J connectivity index is 2.01. The summed E-state index contributed by atoms with van der Waals surface area (Å²) in [5.41, 5.74) is 0. The standard InChI is InChI=1S/C11H20O10/c12-1-3-5(14)7(16)9(18)11(19-3)21-10-8(17)6(15)4(2-13)20-10/h3-18H,1-2H2/t3-,4-,5-,6-,7+,8+,9-,10?,11+/m1/s1. The SMILES string of the molecule is OC[C@H]1O[C@@H](OC2O[C@H](CO)[C@@H](O)[C@@H]2O)[C@H](O)[C@@H](O)[C@@H]1O. The Morgan fingerprint density at radius 3 is 1.43 bits per heavy atom. The number of rotatable bonds is 4. The zero-order valence-electron chi connectivity index (χ0n) is 11.0. The van der Waals surface area contributed by atoms with Crippen LogP contribution in [0.4, 0.5) is 0 Å². The van der Waals surface area contributed by atoms with E-state index in [1.807, 2.05) is 0 Å². The van der Waals surface area contributed by atoms with Gasteiger partial charge in [-0.15, -0.1) is 0 Å². The quantitative estimate of drug-likeness (QED) is 0.267.